The third-order valence-electron chi connectivity index (χ3n) is 4.66. The van der Waals surface area contributed by atoms with E-state index < -0.39 is 10.0 Å². The fraction of sp³-hybridized carbons (Fsp3) is 0.200. The molecule has 2 heterocycles. The molecule has 2 aromatic carbocycles. The summed E-state index contributed by atoms with van der Waals surface area (Å²) < 4.78 is 28.3. The van der Waals surface area contributed by atoms with Crippen LogP contribution in [0.15, 0.2) is 70.9 Å². The lowest BCUT2D eigenvalue weighted by molar-refractivity contribution is 0.347. The Kier molecular flexibility index (Phi) is 4.23. The van der Waals surface area contributed by atoms with Crippen molar-refractivity contribution in [1.82, 2.24) is 4.31 Å². The maximum absolute atomic E-state index is 13.3. The van der Waals surface area contributed by atoms with Gasteiger partial charge in [0, 0.05) is 11.4 Å². The molecule has 1 aliphatic heterocycles. The van der Waals surface area contributed by atoms with Crippen LogP contribution >= 0.6 is 11.3 Å². The van der Waals surface area contributed by atoms with Crippen LogP contribution in [0.2, 0.25) is 0 Å². The highest BCUT2D eigenvalue weighted by molar-refractivity contribution is 7.89. The minimum Gasteiger partial charge on any atom is -0.207 e. The third-order valence-corrected chi connectivity index (χ3v) is 7.54. The Labute approximate surface area is 152 Å². The maximum Gasteiger partial charge on any atom is 0.243 e. The van der Waals surface area contributed by atoms with Gasteiger partial charge < -0.3 is 0 Å². The van der Waals surface area contributed by atoms with Gasteiger partial charge in [0.15, 0.2) is 0 Å². The van der Waals surface area contributed by atoms with Crippen molar-refractivity contribution in [2.75, 3.05) is 6.54 Å². The topological polar surface area (TPSA) is 37.4 Å². The van der Waals surface area contributed by atoms with E-state index in [0.29, 0.717) is 11.4 Å². The summed E-state index contributed by atoms with van der Waals surface area (Å²) in [6.45, 7) is 2.54. The molecule has 1 aromatic heterocycles. The second kappa shape index (κ2) is 6.41. The number of rotatable bonds is 3. The van der Waals surface area contributed by atoms with Crippen molar-refractivity contribution in [2.24, 2.45) is 0 Å². The summed E-state index contributed by atoms with van der Waals surface area (Å²) in [5.74, 6) is 0. The number of fused-ring (bicyclic) bond motifs is 1. The summed E-state index contributed by atoms with van der Waals surface area (Å²) in [6.07, 6.45) is 0.765. The van der Waals surface area contributed by atoms with Crippen LogP contribution in [0.4, 0.5) is 0 Å². The number of nitrogens with zero attached hydrogens (tertiary/aromatic N) is 1. The van der Waals surface area contributed by atoms with Crippen LogP contribution in [0.1, 0.15) is 27.6 Å². The standard InChI is InChI=1S/C20H19NO2S2/c1-15-7-9-16(10-8-15)20-18-12-14-24-19(18)11-13-21(20)25(22,23)17-5-3-2-4-6-17/h2-10,12,14,20H,11,13H2,1H3/t20-/m0/s1. The molecule has 3 nitrogen and oxygen atoms in total. The number of hydrogen-bond acceptors (Lipinski definition) is 3. The first kappa shape index (κ1) is 16.5. The normalized spacial score (nSPS) is 18.0. The second-order valence-electron chi connectivity index (χ2n) is 6.29. The smallest absolute Gasteiger partial charge is 0.207 e. The molecule has 5 heteroatoms. The molecule has 0 fully saturated rings. The van der Waals surface area contributed by atoms with E-state index in [0.717, 1.165) is 17.5 Å². The van der Waals surface area contributed by atoms with Crippen molar-refractivity contribution in [1.29, 1.82) is 0 Å². The van der Waals surface area contributed by atoms with Gasteiger partial charge in [0.2, 0.25) is 10.0 Å². The van der Waals surface area contributed by atoms with E-state index in [2.05, 4.69) is 11.4 Å². The number of benzene rings is 2. The Morgan fingerprint density at radius 2 is 1.72 bits per heavy atom. The minimum absolute atomic E-state index is 0.263. The molecule has 0 saturated heterocycles. The fourth-order valence-electron chi connectivity index (χ4n) is 3.37. The van der Waals surface area contributed by atoms with Gasteiger partial charge in [0.1, 0.15) is 0 Å². The van der Waals surface area contributed by atoms with Gasteiger partial charge in [-0.05, 0) is 48.1 Å². The lowest BCUT2D eigenvalue weighted by Crippen LogP contribution is -2.40. The van der Waals surface area contributed by atoms with E-state index in [-0.39, 0.29) is 6.04 Å². The van der Waals surface area contributed by atoms with Crippen molar-refractivity contribution >= 4 is 21.4 Å². The Hall–Kier alpha value is -1.95. The zero-order valence-corrected chi connectivity index (χ0v) is 15.6. The van der Waals surface area contributed by atoms with Crippen molar-refractivity contribution in [3.05, 3.63) is 87.6 Å². The zero-order chi connectivity index (χ0) is 17.4. The van der Waals surface area contributed by atoms with Crippen LogP contribution in [0, 0.1) is 6.92 Å². The second-order valence-corrected chi connectivity index (χ2v) is 9.18. The molecule has 1 atom stereocenters. The van der Waals surface area contributed by atoms with Gasteiger partial charge in [0.05, 0.1) is 10.9 Å². The van der Waals surface area contributed by atoms with E-state index in [1.807, 2.05) is 37.3 Å². The lowest BCUT2D eigenvalue weighted by atomic mass is 9.95. The van der Waals surface area contributed by atoms with Gasteiger partial charge in [-0.1, -0.05) is 48.0 Å². The molecule has 0 radical (unpaired) electrons. The molecule has 0 spiro atoms. The molecule has 0 unspecified atom stereocenters. The minimum atomic E-state index is -3.55. The monoisotopic (exact) mass is 369 g/mol. The van der Waals surface area contributed by atoms with Crippen molar-refractivity contribution in [3.63, 3.8) is 0 Å². The largest absolute Gasteiger partial charge is 0.243 e. The van der Waals surface area contributed by atoms with Gasteiger partial charge in [-0.2, -0.15) is 4.31 Å². The average Bonchev–Trinajstić information content (AvgIpc) is 3.11. The Morgan fingerprint density at radius 3 is 2.44 bits per heavy atom. The molecule has 4 rings (SSSR count). The lowest BCUT2D eigenvalue weighted by Gasteiger charge is -2.35. The van der Waals surface area contributed by atoms with Gasteiger partial charge in [-0.25, -0.2) is 8.42 Å². The van der Waals surface area contributed by atoms with E-state index >= 15 is 0 Å². The molecule has 0 aliphatic carbocycles. The molecule has 0 amide bonds. The molecule has 0 bridgehead atoms. The molecule has 128 valence electrons. The van der Waals surface area contributed by atoms with Crippen LogP contribution in [0.5, 0.6) is 0 Å². The summed E-state index contributed by atoms with van der Waals surface area (Å²) in [6, 6.07) is 18.7. The van der Waals surface area contributed by atoms with Crippen LogP contribution < -0.4 is 0 Å². The molecular weight excluding hydrogens is 350 g/mol. The first-order valence-corrected chi connectivity index (χ1v) is 10.6. The Morgan fingerprint density at radius 1 is 1.00 bits per heavy atom. The first-order valence-electron chi connectivity index (χ1n) is 8.27. The summed E-state index contributed by atoms with van der Waals surface area (Å²) in [7, 11) is -3.55. The molecule has 0 N–H and O–H groups in total. The van der Waals surface area contributed by atoms with Gasteiger partial charge >= 0.3 is 0 Å². The van der Waals surface area contributed by atoms with Crippen LogP contribution in [-0.2, 0) is 16.4 Å². The highest BCUT2D eigenvalue weighted by Gasteiger charge is 2.37. The molecule has 3 aromatic rings. The van der Waals surface area contributed by atoms with E-state index in [1.165, 1.54) is 10.4 Å². The van der Waals surface area contributed by atoms with Crippen LogP contribution in [-0.4, -0.2) is 19.3 Å². The van der Waals surface area contributed by atoms with Crippen molar-refractivity contribution < 1.29 is 8.42 Å². The first-order chi connectivity index (χ1) is 12.1. The fourth-order valence-corrected chi connectivity index (χ4v) is 5.89. The number of sulfonamides is 1. The predicted molar refractivity (Wildman–Crippen MR) is 101 cm³/mol. The van der Waals surface area contributed by atoms with Crippen LogP contribution in [0.3, 0.4) is 0 Å². The maximum atomic E-state index is 13.3. The van der Waals surface area contributed by atoms with E-state index in [1.54, 1.807) is 39.9 Å². The molecule has 0 saturated carbocycles. The van der Waals surface area contributed by atoms with Crippen molar-refractivity contribution in [3.8, 4) is 0 Å². The van der Waals surface area contributed by atoms with Gasteiger partial charge in [0.25, 0.3) is 0 Å². The quantitative estimate of drug-likeness (QED) is 0.686. The Balaban J connectivity index is 1.85. The number of thiophene rings is 1. The highest BCUT2D eigenvalue weighted by atomic mass is 32.2. The summed E-state index contributed by atoms with van der Waals surface area (Å²) in [5.41, 5.74) is 3.30. The number of aryl methyl sites for hydroxylation is 1. The number of hydrogen-bond donors (Lipinski definition) is 0. The SMILES string of the molecule is Cc1ccc([C@H]2c3ccsc3CCN2S(=O)(=O)c2ccccc2)cc1. The zero-order valence-electron chi connectivity index (χ0n) is 13.9. The summed E-state index contributed by atoms with van der Waals surface area (Å²) in [5, 5.41) is 2.06. The van der Waals surface area contributed by atoms with E-state index in [4.69, 9.17) is 0 Å². The van der Waals surface area contributed by atoms with Gasteiger partial charge in [-0.3, -0.25) is 0 Å². The highest BCUT2D eigenvalue weighted by Crippen LogP contribution is 2.40. The summed E-state index contributed by atoms with van der Waals surface area (Å²) >= 11 is 1.71. The summed E-state index contributed by atoms with van der Waals surface area (Å²) in [4.78, 5) is 1.64. The molecule has 25 heavy (non-hydrogen) atoms. The molecular formula is C20H19NO2S2. The predicted octanol–water partition coefficient (Wildman–Crippen LogP) is 4.39. The van der Waals surface area contributed by atoms with Crippen LogP contribution in [0.25, 0.3) is 0 Å². The average molecular weight is 370 g/mol. The Bertz CT molecular complexity index is 976. The van der Waals surface area contributed by atoms with Gasteiger partial charge in [-0.15, -0.1) is 11.3 Å². The van der Waals surface area contributed by atoms with Crippen molar-refractivity contribution in [2.45, 2.75) is 24.3 Å². The van der Waals surface area contributed by atoms with E-state index in [9.17, 15) is 8.42 Å². The third kappa shape index (κ3) is 2.92. The molecule has 1 aliphatic rings.